The van der Waals surface area contributed by atoms with E-state index in [0.717, 1.165) is 17.8 Å². The molecule has 1 aliphatic heterocycles. The van der Waals surface area contributed by atoms with Crippen LogP contribution in [0.1, 0.15) is 22.5 Å². The Morgan fingerprint density at radius 1 is 1.43 bits per heavy atom. The molecule has 0 spiro atoms. The molecule has 0 fully saturated rings. The number of rotatable bonds is 4. The number of carbonyl (C=O) groups is 1. The van der Waals surface area contributed by atoms with E-state index < -0.39 is 0 Å². The molecule has 1 atom stereocenters. The highest BCUT2D eigenvalue weighted by Gasteiger charge is 2.25. The van der Waals surface area contributed by atoms with E-state index in [1.807, 2.05) is 12.1 Å². The molecule has 1 aromatic carbocycles. The molecule has 2 heterocycles. The summed E-state index contributed by atoms with van der Waals surface area (Å²) >= 11 is 0. The monoisotopic (exact) mass is 284 g/mol. The number of aromatic nitrogens is 2. The molecular formula is C16H20N4O. The van der Waals surface area contributed by atoms with Gasteiger partial charge in [0.25, 0.3) is 0 Å². The highest BCUT2D eigenvalue weighted by Crippen LogP contribution is 2.12. The fraction of sp³-hybridized carbons (Fsp3) is 0.375. The first-order valence-corrected chi connectivity index (χ1v) is 7.31. The lowest BCUT2D eigenvalue weighted by molar-refractivity contribution is -0.123. The van der Waals surface area contributed by atoms with Gasteiger partial charge in [-0.25, -0.2) is 4.98 Å². The van der Waals surface area contributed by atoms with Crippen molar-refractivity contribution in [3.8, 4) is 0 Å². The van der Waals surface area contributed by atoms with Gasteiger partial charge in [-0.05, 0) is 24.5 Å². The Kier molecular flexibility index (Phi) is 4.01. The summed E-state index contributed by atoms with van der Waals surface area (Å²) in [4.78, 5) is 19.5. The molecule has 3 rings (SSSR count). The molecular weight excluding hydrogens is 264 g/mol. The highest BCUT2D eigenvalue weighted by molar-refractivity contribution is 5.82. The topological polar surface area (TPSA) is 69.8 Å². The van der Waals surface area contributed by atoms with E-state index in [2.05, 4.69) is 39.7 Å². The Morgan fingerprint density at radius 3 is 3.14 bits per heavy atom. The molecule has 1 aromatic heterocycles. The molecule has 5 nitrogen and oxygen atoms in total. The van der Waals surface area contributed by atoms with Gasteiger partial charge in [0.2, 0.25) is 5.91 Å². The van der Waals surface area contributed by atoms with Crippen LogP contribution in [0, 0.1) is 6.92 Å². The molecule has 3 N–H and O–H groups in total. The summed E-state index contributed by atoms with van der Waals surface area (Å²) in [5, 5.41) is 6.25. The number of hydrogen-bond donors (Lipinski definition) is 3. The van der Waals surface area contributed by atoms with Crippen molar-refractivity contribution in [2.24, 2.45) is 0 Å². The van der Waals surface area contributed by atoms with Crippen LogP contribution in [0.2, 0.25) is 0 Å². The Labute approximate surface area is 124 Å². The van der Waals surface area contributed by atoms with Crippen LogP contribution < -0.4 is 10.6 Å². The first-order chi connectivity index (χ1) is 10.2. The number of imidazole rings is 1. The van der Waals surface area contributed by atoms with Crippen LogP contribution in [0.25, 0.3) is 0 Å². The van der Waals surface area contributed by atoms with Crippen molar-refractivity contribution in [3.63, 3.8) is 0 Å². The van der Waals surface area contributed by atoms with Crippen molar-refractivity contribution in [2.45, 2.75) is 32.4 Å². The number of nitrogens with one attached hydrogen (secondary N) is 3. The van der Waals surface area contributed by atoms with E-state index in [-0.39, 0.29) is 11.9 Å². The Balaban J connectivity index is 1.50. The molecule has 0 saturated carbocycles. The van der Waals surface area contributed by atoms with E-state index in [4.69, 9.17) is 0 Å². The van der Waals surface area contributed by atoms with Crippen molar-refractivity contribution in [1.82, 2.24) is 20.6 Å². The SMILES string of the molecule is Cc1ccccc1CCNC(=O)C1Cc2nc[nH]c2CN1. The number of hydrogen-bond acceptors (Lipinski definition) is 3. The third-order valence-corrected chi connectivity index (χ3v) is 4.00. The summed E-state index contributed by atoms with van der Waals surface area (Å²) in [6.07, 6.45) is 3.19. The number of aromatic amines is 1. The smallest absolute Gasteiger partial charge is 0.237 e. The van der Waals surface area contributed by atoms with Crippen LogP contribution in [-0.4, -0.2) is 28.5 Å². The second-order valence-electron chi connectivity index (χ2n) is 5.43. The van der Waals surface area contributed by atoms with Gasteiger partial charge in [-0.3, -0.25) is 10.1 Å². The quantitative estimate of drug-likeness (QED) is 0.787. The number of amides is 1. The van der Waals surface area contributed by atoms with Gasteiger partial charge in [0.1, 0.15) is 0 Å². The fourth-order valence-corrected chi connectivity index (χ4v) is 2.69. The minimum absolute atomic E-state index is 0.0530. The molecule has 0 bridgehead atoms. The van der Waals surface area contributed by atoms with Crippen molar-refractivity contribution in [2.75, 3.05) is 6.54 Å². The van der Waals surface area contributed by atoms with Crippen LogP contribution in [0.4, 0.5) is 0 Å². The standard InChI is InChI=1S/C16H20N4O/c1-11-4-2-3-5-12(11)6-7-17-16(21)14-8-13-15(9-18-14)20-10-19-13/h2-5,10,14,18H,6-9H2,1H3,(H,17,21)(H,19,20). The Morgan fingerprint density at radius 2 is 2.29 bits per heavy atom. The predicted molar refractivity (Wildman–Crippen MR) is 80.8 cm³/mol. The molecule has 5 heteroatoms. The van der Waals surface area contributed by atoms with Gasteiger partial charge in [-0.2, -0.15) is 0 Å². The first kappa shape index (κ1) is 13.8. The van der Waals surface area contributed by atoms with Gasteiger partial charge in [0.15, 0.2) is 0 Å². The minimum Gasteiger partial charge on any atom is -0.354 e. The summed E-state index contributed by atoms with van der Waals surface area (Å²) < 4.78 is 0. The second kappa shape index (κ2) is 6.10. The highest BCUT2D eigenvalue weighted by atomic mass is 16.2. The van der Waals surface area contributed by atoms with E-state index in [1.54, 1.807) is 6.33 Å². The summed E-state index contributed by atoms with van der Waals surface area (Å²) in [6.45, 7) is 3.43. The zero-order valence-electron chi connectivity index (χ0n) is 12.1. The van der Waals surface area contributed by atoms with E-state index in [0.29, 0.717) is 19.5 Å². The van der Waals surface area contributed by atoms with Crippen molar-refractivity contribution < 1.29 is 4.79 Å². The van der Waals surface area contributed by atoms with Gasteiger partial charge < -0.3 is 10.3 Å². The fourth-order valence-electron chi connectivity index (χ4n) is 2.69. The van der Waals surface area contributed by atoms with Gasteiger partial charge >= 0.3 is 0 Å². The van der Waals surface area contributed by atoms with Crippen molar-refractivity contribution >= 4 is 5.91 Å². The van der Waals surface area contributed by atoms with E-state index >= 15 is 0 Å². The van der Waals surface area contributed by atoms with Crippen molar-refractivity contribution in [1.29, 1.82) is 0 Å². The van der Waals surface area contributed by atoms with E-state index in [1.165, 1.54) is 11.1 Å². The lowest BCUT2D eigenvalue weighted by Crippen LogP contribution is -2.48. The molecule has 1 unspecified atom stereocenters. The first-order valence-electron chi connectivity index (χ1n) is 7.31. The van der Waals surface area contributed by atoms with Crippen LogP contribution in [-0.2, 0) is 24.2 Å². The van der Waals surface area contributed by atoms with Gasteiger partial charge in [-0.1, -0.05) is 24.3 Å². The molecule has 1 aliphatic rings. The number of benzene rings is 1. The van der Waals surface area contributed by atoms with Crippen LogP contribution >= 0.6 is 0 Å². The van der Waals surface area contributed by atoms with Gasteiger partial charge in [0, 0.05) is 19.5 Å². The summed E-state index contributed by atoms with van der Waals surface area (Å²) in [5.74, 6) is 0.0530. The molecule has 1 amide bonds. The summed E-state index contributed by atoms with van der Waals surface area (Å²) in [5.41, 5.74) is 4.62. The number of aryl methyl sites for hydroxylation is 1. The zero-order valence-corrected chi connectivity index (χ0v) is 12.1. The molecule has 0 radical (unpaired) electrons. The summed E-state index contributed by atoms with van der Waals surface area (Å²) in [6, 6.07) is 8.09. The van der Waals surface area contributed by atoms with Crippen LogP contribution in [0.3, 0.4) is 0 Å². The zero-order chi connectivity index (χ0) is 14.7. The number of H-pyrrole nitrogens is 1. The normalized spacial score (nSPS) is 17.3. The predicted octanol–water partition coefficient (Wildman–Crippen LogP) is 1.09. The number of fused-ring (bicyclic) bond motifs is 1. The Hall–Kier alpha value is -2.14. The average Bonchev–Trinajstić information content (AvgIpc) is 2.96. The molecule has 110 valence electrons. The second-order valence-corrected chi connectivity index (χ2v) is 5.43. The minimum atomic E-state index is -0.183. The molecule has 21 heavy (non-hydrogen) atoms. The molecule has 0 aliphatic carbocycles. The van der Waals surface area contributed by atoms with Crippen LogP contribution in [0.5, 0.6) is 0 Å². The maximum absolute atomic E-state index is 12.2. The summed E-state index contributed by atoms with van der Waals surface area (Å²) in [7, 11) is 0. The number of nitrogens with zero attached hydrogens (tertiary/aromatic N) is 1. The third-order valence-electron chi connectivity index (χ3n) is 4.00. The lowest BCUT2D eigenvalue weighted by Gasteiger charge is -2.22. The molecule has 0 saturated heterocycles. The van der Waals surface area contributed by atoms with Crippen molar-refractivity contribution in [3.05, 3.63) is 53.1 Å². The van der Waals surface area contributed by atoms with Gasteiger partial charge in [0.05, 0.1) is 23.8 Å². The number of carbonyl (C=O) groups excluding carboxylic acids is 1. The lowest BCUT2D eigenvalue weighted by atomic mass is 10.0. The van der Waals surface area contributed by atoms with E-state index in [9.17, 15) is 4.79 Å². The maximum atomic E-state index is 12.2. The van der Waals surface area contributed by atoms with Crippen LogP contribution in [0.15, 0.2) is 30.6 Å². The average molecular weight is 284 g/mol. The van der Waals surface area contributed by atoms with Gasteiger partial charge in [-0.15, -0.1) is 0 Å². The Bertz CT molecular complexity index is 635. The molecule has 2 aromatic rings. The maximum Gasteiger partial charge on any atom is 0.237 e. The largest absolute Gasteiger partial charge is 0.354 e. The third kappa shape index (κ3) is 3.13.